The van der Waals surface area contributed by atoms with Crippen LogP contribution in [0.25, 0.3) is 0 Å². The maximum Gasteiger partial charge on any atom is 0.338 e. The number of thiophene rings is 1. The summed E-state index contributed by atoms with van der Waals surface area (Å²) in [5.41, 5.74) is 1.03. The number of rotatable bonds is 3. The van der Waals surface area contributed by atoms with Crippen LogP contribution in [0.2, 0.25) is 0 Å². The van der Waals surface area contributed by atoms with Gasteiger partial charge in [-0.3, -0.25) is 4.79 Å². The van der Waals surface area contributed by atoms with Crippen molar-refractivity contribution < 1.29 is 19.8 Å². The van der Waals surface area contributed by atoms with Gasteiger partial charge in [-0.2, -0.15) is 0 Å². The molecule has 1 heterocycles. The van der Waals surface area contributed by atoms with E-state index in [1.165, 1.54) is 23.5 Å². The van der Waals surface area contributed by atoms with Crippen LogP contribution in [0.5, 0.6) is 5.75 Å². The van der Waals surface area contributed by atoms with Gasteiger partial charge in [0.2, 0.25) is 0 Å². The molecule has 5 nitrogen and oxygen atoms in total. The summed E-state index contributed by atoms with van der Waals surface area (Å²) < 4.78 is 0. The number of carbonyl (C=O) groups is 2. The summed E-state index contributed by atoms with van der Waals surface area (Å²) >= 11 is 1.22. The van der Waals surface area contributed by atoms with Gasteiger partial charge in [-0.25, -0.2) is 4.79 Å². The fraction of sp³-hybridized carbons (Fsp3) is 0.143. The third-order valence-electron chi connectivity index (χ3n) is 2.93. The molecule has 6 heteroatoms. The molecule has 0 aliphatic rings. The van der Waals surface area contributed by atoms with Gasteiger partial charge in [0, 0.05) is 10.4 Å². The number of nitrogens with one attached hydrogen (secondary N) is 1. The van der Waals surface area contributed by atoms with E-state index in [0.29, 0.717) is 10.6 Å². The molecular formula is C14H13NO4S. The second kappa shape index (κ2) is 5.34. The fourth-order valence-corrected chi connectivity index (χ4v) is 2.84. The lowest BCUT2D eigenvalue weighted by Crippen LogP contribution is -2.13. The second-order valence-corrected chi connectivity index (χ2v) is 5.52. The van der Waals surface area contributed by atoms with E-state index >= 15 is 0 Å². The van der Waals surface area contributed by atoms with Crippen LogP contribution in [0.1, 0.15) is 31.2 Å². The highest BCUT2D eigenvalue weighted by Crippen LogP contribution is 2.32. The number of carboxylic acid groups (broad SMARTS) is 1. The standard InChI is InChI=1S/C14H13NO4S/c1-7-8(2)20-13(11(7)14(18)19)15-12(17)9-4-3-5-10(16)6-9/h3-6,16H,1-2H3,(H,15,17)(H,18,19). The molecule has 0 radical (unpaired) electrons. The van der Waals surface area contributed by atoms with E-state index in [9.17, 15) is 19.8 Å². The number of phenols is 1. The van der Waals surface area contributed by atoms with Gasteiger partial charge in [0.25, 0.3) is 5.91 Å². The Bertz CT molecular complexity index is 690. The van der Waals surface area contributed by atoms with Crippen molar-refractivity contribution in [3.8, 4) is 5.75 Å². The quantitative estimate of drug-likeness (QED) is 0.811. The predicted molar refractivity (Wildman–Crippen MR) is 76.8 cm³/mol. The number of anilines is 1. The first-order chi connectivity index (χ1) is 9.40. The summed E-state index contributed by atoms with van der Waals surface area (Å²) in [6.45, 7) is 3.51. The second-order valence-electron chi connectivity index (χ2n) is 4.30. The van der Waals surface area contributed by atoms with Gasteiger partial charge in [-0.1, -0.05) is 6.07 Å². The van der Waals surface area contributed by atoms with Crippen LogP contribution >= 0.6 is 11.3 Å². The summed E-state index contributed by atoms with van der Waals surface area (Å²) in [7, 11) is 0. The van der Waals surface area contributed by atoms with Crippen LogP contribution in [0.15, 0.2) is 24.3 Å². The van der Waals surface area contributed by atoms with Gasteiger partial charge >= 0.3 is 5.97 Å². The van der Waals surface area contributed by atoms with Crippen molar-refractivity contribution in [3.63, 3.8) is 0 Å². The van der Waals surface area contributed by atoms with Crippen molar-refractivity contribution in [2.75, 3.05) is 5.32 Å². The van der Waals surface area contributed by atoms with Crippen molar-refractivity contribution in [3.05, 3.63) is 45.8 Å². The van der Waals surface area contributed by atoms with Crippen LogP contribution in [-0.4, -0.2) is 22.1 Å². The van der Waals surface area contributed by atoms with E-state index in [2.05, 4.69) is 5.32 Å². The van der Waals surface area contributed by atoms with E-state index in [-0.39, 0.29) is 16.9 Å². The number of aromatic carboxylic acids is 1. The highest BCUT2D eigenvalue weighted by molar-refractivity contribution is 7.16. The lowest BCUT2D eigenvalue weighted by Gasteiger charge is -2.05. The Morgan fingerprint density at radius 2 is 1.95 bits per heavy atom. The molecule has 0 saturated heterocycles. The largest absolute Gasteiger partial charge is 0.508 e. The Balaban J connectivity index is 2.33. The van der Waals surface area contributed by atoms with E-state index in [0.717, 1.165) is 4.88 Å². The number of carboxylic acids is 1. The highest BCUT2D eigenvalue weighted by atomic mass is 32.1. The fourth-order valence-electron chi connectivity index (χ4n) is 1.79. The topological polar surface area (TPSA) is 86.6 Å². The number of hydrogen-bond acceptors (Lipinski definition) is 4. The molecule has 2 rings (SSSR count). The van der Waals surface area contributed by atoms with Gasteiger partial charge < -0.3 is 15.5 Å². The average Bonchev–Trinajstić information content (AvgIpc) is 2.64. The number of aryl methyl sites for hydroxylation is 1. The van der Waals surface area contributed by atoms with Gasteiger partial charge in [-0.05, 0) is 37.6 Å². The summed E-state index contributed by atoms with van der Waals surface area (Å²) in [6, 6.07) is 5.87. The van der Waals surface area contributed by atoms with Gasteiger partial charge in [0.1, 0.15) is 10.8 Å². The monoisotopic (exact) mass is 291 g/mol. The predicted octanol–water partition coefficient (Wildman–Crippen LogP) is 3.02. The first-order valence-electron chi connectivity index (χ1n) is 5.84. The Kier molecular flexibility index (Phi) is 3.76. The first kappa shape index (κ1) is 14.1. The van der Waals surface area contributed by atoms with Crippen LogP contribution in [0.4, 0.5) is 5.00 Å². The van der Waals surface area contributed by atoms with Crippen LogP contribution in [0, 0.1) is 13.8 Å². The molecule has 0 aliphatic heterocycles. The SMILES string of the molecule is Cc1sc(NC(=O)c2cccc(O)c2)c(C(=O)O)c1C. The zero-order valence-electron chi connectivity index (χ0n) is 10.9. The Morgan fingerprint density at radius 3 is 2.55 bits per heavy atom. The minimum atomic E-state index is -1.07. The summed E-state index contributed by atoms with van der Waals surface area (Å²) in [5.74, 6) is -1.54. The van der Waals surface area contributed by atoms with Crippen LogP contribution in [0.3, 0.4) is 0 Å². The molecule has 0 saturated carbocycles. The van der Waals surface area contributed by atoms with Gasteiger partial charge in [-0.15, -0.1) is 11.3 Å². The molecule has 0 unspecified atom stereocenters. The minimum absolute atomic E-state index is 0.0188. The maximum absolute atomic E-state index is 12.1. The average molecular weight is 291 g/mol. The Hall–Kier alpha value is -2.34. The molecule has 0 atom stereocenters. The smallest absolute Gasteiger partial charge is 0.338 e. The van der Waals surface area contributed by atoms with E-state index in [1.54, 1.807) is 26.0 Å². The number of phenolic OH excluding ortho intramolecular Hbond substituents is 1. The van der Waals surface area contributed by atoms with Crippen molar-refractivity contribution in [1.82, 2.24) is 0 Å². The molecular weight excluding hydrogens is 278 g/mol. The molecule has 20 heavy (non-hydrogen) atoms. The third kappa shape index (κ3) is 2.65. The molecule has 1 amide bonds. The van der Waals surface area contributed by atoms with Gasteiger partial charge in [0.05, 0.1) is 5.56 Å². The lowest BCUT2D eigenvalue weighted by atomic mass is 10.1. The normalized spacial score (nSPS) is 10.3. The molecule has 0 aliphatic carbocycles. The van der Waals surface area contributed by atoms with E-state index < -0.39 is 11.9 Å². The van der Waals surface area contributed by atoms with Crippen molar-refractivity contribution in [1.29, 1.82) is 0 Å². The molecule has 1 aromatic heterocycles. The molecule has 0 spiro atoms. The Labute approximate surface area is 119 Å². The first-order valence-corrected chi connectivity index (χ1v) is 6.65. The zero-order chi connectivity index (χ0) is 14.9. The molecule has 0 fully saturated rings. The Morgan fingerprint density at radius 1 is 1.25 bits per heavy atom. The zero-order valence-corrected chi connectivity index (χ0v) is 11.7. The minimum Gasteiger partial charge on any atom is -0.508 e. The van der Waals surface area contributed by atoms with E-state index in [4.69, 9.17) is 0 Å². The number of aromatic hydroxyl groups is 1. The molecule has 104 valence electrons. The summed E-state index contributed by atoms with van der Waals surface area (Å²) in [6.07, 6.45) is 0. The highest BCUT2D eigenvalue weighted by Gasteiger charge is 2.20. The third-order valence-corrected chi connectivity index (χ3v) is 4.06. The van der Waals surface area contributed by atoms with Gasteiger partial charge in [0.15, 0.2) is 0 Å². The number of hydrogen-bond donors (Lipinski definition) is 3. The molecule has 0 bridgehead atoms. The molecule has 1 aromatic carbocycles. The van der Waals surface area contributed by atoms with Crippen molar-refractivity contribution >= 4 is 28.2 Å². The van der Waals surface area contributed by atoms with E-state index in [1.807, 2.05) is 0 Å². The molecule has 2 aromatic rings. The number of amides is 1. The number of carbonyl (C=O) groups excluding carboxylic acids is 1. The lowest BCUT2D eigenvalue weighted by molar-refractivity contribution is 0.0697. The molecule has 3 N–H and O–H groups in total. The van der Waals surface area contributed by atoms with Crippen molar-refractivity contribution in [2.45, 2.75) is 13.8 Å². The van der Waals surface area contributed by atoms with Crippen molar-refractivity contribution in [2.24, 2.45) is 0 Å². The maximum atomic E-state index is 12.1. The summed E-state index contributed by atoms with van der Waals surface area (Å²) in [4.78, 5) is 24.1. The number of benzene rings is 1. The van der Waals surface area contributed by atoms with Crippen LogP contribution < -0.4 is 5.32 Å². The summed E-state index contributed by atoms with van der Waals surface area (Å²) in [5, 5.41) is 21.4. The van der Waals surface area contributed by atoms with Crippen LogP contribution in [-0.2, 0) is 0 Å².